The molecule has 0 saturated heterocycles. The van der Waals surface area contributed by atoms with Crippen LogP contribution in [0.2, 0.25) is 5.02 Å². The second-order valence-corrected chi connectivity index (χ2v) is 3.74. The van der Waals surface area contributed by atoms with Crippen LogP contribution in [0.3, 0.4) is 0 Å². The molecule has 0 atom stereocenters. The first-order chi connectivity index (χ1) is 6.34. The Labute approximate surface area is 85.5 Å². The highest BCUT2D eigenvalue weighted by atomic mass is 35.5. The number of ether oxygens (including phenoxy) is 1. The quantitative estimate of drug-likeness (QED) is 0.727. The maximum Gasteiger partial charge on any atom is 0.181 e. The second kappa shape index (κ2) is 3.81. The third-order valence-electron chi connectivity index (χ3n) is 1.46. The van der Waals surface area contributed by atoms with E-state index in [0.29, 0.717) is 5.02 Å². The first-order valence-electron chi connectivity index (χ1n) is 3.72. The van der Waals surface area contributed by atoms with E-state index in [1.165, 1.54) is 11.3 Å². The molecular weight excluding hydrogens is 204 g/mol. The van der Waals surface area contributed by atoms with Crippen LogP contribution in [0, 0.1) is 6.07 Å². The molecule has 1 aromatic carbocycles. The van der Waals surface area contributed by atoms with Crippen LogP contribution in [-0.2, 0) is 0 Å². The van der Waals surface area contributed by atoms with E-state index in [-0.39, 0.29) is 0 Å². The summed E-state index contributed by atoms with van der Waals surface area (Å²) in [5.74, 6) is 0.753. The van der Waals surface area contributed by atoms with Crippen LogP contribution in [0.15, 0.2) is 35.7 Å². The summed E-state index contributed by atoms with van der Waals surface area (Å²) in [4.78, 5) is 0. The molecule has 0 aliphatic heterocycles. The summed E-state index contributed by atoms with van der Waals surface area (Å²) in [5.41, 5.74) is 0. The van der Waals surface area contributed by atoms with Crippen molar-refractivity contribution in [3.63, 3.8) is 0 Å². The normalized spacial score (nSPS) is 9.92. The Bertz CT molecular complexity index is 384. The second-order valence-electron chi connectivity index (χ2n) is 2.43. The molecule has 3 heteroatoms. The zero-order valence-corrected chi connectivity index (χ0v) is 8.23. The number of thiophene rings is 1. The number of hydrogen-bond acceptors (Lipinski definition) is 2. The van der Waals surface area contributed by atoms with Crippen molar-refractivity contribution in [2.45, 2.75) is 0 Å². The number of benzene rings is 1. The third-order valence-corrected chi connectivity index (χ3v) is 2.38. The summed E-state index contributed by atoms with van der Waals surface area (Å²) in [6.45, 7) is 0. The van der Waals surface area contributed by atoms with Gasteiger partial charge in [0.25, 0.3) is 0 Å². The van der Waals surface area contributed by atoms with E-state index in [0.717, 1.165) is 10.8 Å². The van der Waals surface area contributed by atoms with Crippen LogP contribution in [0.4, 0.5) is 0 Å². The average molecular weight is 210 g/mol. The zero-order chi connectivity index (χ0) is 9.10. The van der Waals surface area contributed by atoms with Crippen LogP contribution in [-0.4, -0.2) is 0 Å². The molecule has 1 nitrogen and oxygen atoms in total. The number of rotatable bonds is 2. The van der Waals surface area contributed by atoms with Gasteiger partial charge in [-0.25, -0.2) is 0 Å². The number of hydrogen-bond donors (Lipinski definition) is 0. The van der Waals surface area contributed by atoms with Crippen molar-refractivity contribution in [3.05, 3.63) is 46.8 Å². The molecule has 0 saturated carbocycles. The van der Waals surface area contributed by atoms with Gasteiger partial charge in [-0.15, -0.1) is 11.3 Å². The Morgan fingerprint density at radius 1 is 1.38 bits per heavy atom. The lowest BCUT2D eigenvalue weighted by atomic mass is 10.3. The molecule has 2 aromatic rings. The highest BCUT2D eigenvalue weighted by Crippen LogP contribution is 2.27. The molecule has 2 rings (SSSR count). The van der Waals surface area contributed by atoms with Gasteiger partial charge in [0, 0.05) is 16.5 Å². The predicted octanol–water partition coefficient (Wildman–Crippen LogP) is 3.99. The lowest BCUT2D eigenvalue weighted by molar-refractivity contribution is 0.496. The van der Waals surface area contributed by atoms with Crippen molar-refractivity contribution in [1.82, 2.24) is 0 Å². The Balaban J connectivity index is 2.19. The van der Waals surface area contributed by atoms with E-state index in [1.54, 1.807) is 12.1 Å². The van der Waals surface area contributed by atoms with E-state index in [1.807, 2.05) is 23.6 Å². The minimum Gasteiger partial charge on any atom is -0.447 e. The van der Waals surface area contributed by atoms with Crippen LogP contribution in [0.5, 0.6) is 10.8 Å². The predicted molar refractivity (Wildman–Crippen MR) is 54.7 cm³/mol. The summed E-state index contributed by atoms with van der Waals surface area (Å²) >= 11 is 7.30. The zero-order valence-electron chi connectivity index (χ0n) is 6.66. The van der Waals surface area contributed by atoms with Crippen molar-refractivity contribution in [1.29, 1.82) is 0 Å². The first kappa shape index (κ1) is 8.60. The van der Waals surface area contributed by atoms with Crippen molar-refractivity contribution in [2.24, 2.45) is 0 Å². The van der Waals surface area contributed by atoms with Crippen molar-refractivity contribution in [2.75, 3.05) is 0 Å². The standard InChI is InChI=1S/C10H6ClOS/c11-8-3-1-4-9(7-8)12-10-5-2-6-13-10/h1,3-7H. The Kier molecular flexibility index (Phi) is 2.52. The summed E-state index contributed by atoms with van der Waals surface area (Å²) in [6.07, 6.45) is 0. The molecule has 1 aromatic heterocycles. The molecule has 1 radical (unpaired) electrons. The Morgan fingerprint density at radius 2 is 2.31 bits per heavy atom. The Morgan fingerprint density at radius 3 is 3.00 bits per heavy atom. The van der Waals surface area contributed by atoms with Crippen molar-refractivity contribution in [3.8, 4) is 10.8 Å². The van der Waals surface area contributed by atoms with Gasteiger partial charge < -0.3 is 4.74 Å². The van der Waals surface area contributed by atoms with Gasteiger partial charge in [0.1, 0.15) is 5.75 Å². The van der Waals surface area contributed by atoms with Gasteiger partial charge in [-0.05, 0) is 24.3 Å². The maximum atomic E-state index is 5.80. The Hall–Kier alpha value is -0.990. The summed E-state index contributed by atoms with van der Waals surface area (Å²) in [5, 5.41) is 3.35. The van der Waals surface area contributed by atoms with Gasteiger partial charge in [-0.1, -0.05) is 17.7 Å². The van der Waals surface area contributed by atoms with E-state index in [4.69, 9.17) is 16.3 Å². The topological polar surface area (TPSA) is 9.23 Å². The molecule has 65 valence electrons. The monoisotopic (exact) mass is 209 g/mol. The molecule has 0 N–H and O–H groups in total. The van der Waals surface area contributed by atoms with Crippen molar-refractivity contribution < 1.29 is 4.74 Å². The van der Waals surface area contributed by atoms with E-state index >= 15 is 0 Å². The molecule has 0 spiro atoms. The van der Waals surface area contributed by atoms with Gasteiger partial charge in [-0.3, -0.25) is 0 Å². The SMILES string of the molecule is Clc1cccc(Oc2c[c]cs2)c1. The van der Waals surface area contributed by atoms with E-state index < -0.39 is 0 Å². The maximum absolute atomic E-state index is 5.80. The molecule has 0 aliphatic carbocycles. The first-order valence-corrected chi connectivity index (χ1v) is 4.98. The summed E-state index contributed by atoms with van der Waals surface area (Å²) in [6, 6.07) is 12.0. The lowest BCUT2D eigenvalue weighted by Gasteiger charge is -2.01. The van der Waals surface area contributed by atoms with E-state index in [9.17, 15) is 0 Å². The molecule has 0 unspecified atom stereocenters. The minimum absolute atomic E-state index is 0.679. The fourth-order valence-electron chi connectivity index (χ4n) is 0.928. The van der Waals surface area contributed by atoms with Crippen LogP contribution in [0.25, 0.3) is 0 Å². The highest BCUT2D eigenvalue weighted by Gasteiger charge is 1.97. The molecule has 1 heterocycles. The highest BCUT2D eigenvalue weighted by molar-refractivity contribution is 7.11. The lowest BCUT2D eigenvalue weighted by Crippen LogP contribution is -1.79. The van der Waals surface area contributed by atoms with Crippen LogP contribution >= 0.6 is 22.9 Å². The molecule has 13 heavy (non-hydrogen) atoms. The summed E-state index contributed by atoms with van der Waals surface area (Å²) in [7, 11) is 0. The average Bonchev–Trinajstić information content (AvgIpc) is 2.57. The van der Waals surface area contributed by atoms with Gasteiger partial charge in [0.2, 0.25) is 0 Å². The van der Waals surface area contributed by atoms with Crippen LogP contribution < -0.4 is 4.74 Å². The fourth-order valence-corrected chi connectivity index (χ4v) is 1.64. The third kappa shape index (κ3) is 2.23. The smallest absolute Gasteiger partial charge is 0.181 e. The van der Waals surface area contributed by atoms with E-state index in [2.05, 4.69) is 6.07 Å². The van der Waals surface area contributed by atoms with Crippen LogP contribution in [0.1, 0.15) is 0 Å². The fraction of sp³-hybridized carbons (Fsp3) is 0. The molecule has 0 aliphatic rings. The molecule has 0 fully saturated rings. The summed E-state index contributed by atoms with van der Waals surface area (Å²) < 4.78 is 5.50. The van der Waals surface area contributed by atoms with Crippen molar-refractivity contribution >= 4 is 22.9 Å². The minimum atomic E-state index is 0.679. The molecular formula is C10H6ClOS. The van der Waals surface area contributed by atoms with Gasteiger partial charge in [0.05, 0.1) is 0 Å². The van der Waals surface area contributed by atoms with Gasteiger partial charge in [0.15, 0.2) is 5.06 Å². The molecule has 0 bridgehead atoms. The molecule has 0 amide bonds. The largest absolute Gasteiger partial charge is 0.447 e. The van der Waals surface area contributed by atoms with Gasteiger partial charge in [-0.2, -0.15) is 0 Å². The number of halogens is 1. The van der Waals surface area contributed by atoms with Gasteiger partial charge >= 0.3 is 0 Å².